The minimum Gasteiger partial charge on any atom is -0.384 e. The Bertz CT molecular complexity index is 387. The lowest BCUT2D eigenvalue weighted by molar-refractivity contribution is 0.143. The zero-order chi connectivity index (χ0) is 12.3. The maximum Gasteiger partial charge on any atom is 0.147 e. The largest absolute Gasteiger partial charge is 0.384 e. The number of ether oxygens (including phenoxy) is 1. The van der Waals surface area contributed by atoms with Crippen molar-refractivity contribution in [3.8, 4) is 0 Å². The van der Waals surface area contributed by atoms with E-state index >= 15 is 0 Å². The van der Waals surface area contributed by atoms with Crippen molar-refractivity contribution in [1.82, 2.24) is 4.98 Å². The van der Waals surface area contributed by atoms with Crippen molar-refractivity contribution >= 4 is 33.3 Å². The summed E-state index contributed by atoms with van der Waals surface area (Å²) >= 11 is 9.59. The average molecular weight is 320 g/mol. The van der Waals surface area contributed by atoms with E-state index in [1.54, 1.807) is 13.3 Å². The summed E-state index contributed by atoms with van der Waals surface area (Å²) in [6, 6.07) is 1.89. The molecule has 94 valence electrons. The minimum absolute atomic E-state index is 0.579. The normalized spacial score (nSPS) is 20.6. The van der Waals surface area contributed by atoms with Gasteiger partial charge in [-0.2, -0.15) is 0 Å². The number of pyridine rings is 1. The lowest BCUT2D eigenvalue weighted by Gasteiger charge is -2.33. The molecule has 0 aromatic carbocycles. The molecule has 0 saturated carbocycles. The summed E-state index contributed by atoms with van der Waals surface area (Å²) in [4.78, 5) is 6.65. The van der Waals surface area contributed by atoms with Crippen LogP contribution in [0.3, 0.4) is 0 Å². The standard InChI is InChI=1S/C12H16BrClN2O/c1-17-8-9-3-2-4-16(7-9)12-11(14)5-10(13)6-15-12/h5-6,9H,2-4,7-8H2,1H3. The number of anilines is 1. The topological polar surface area (TPSA) is 25.4 Å². The fourth-order valence-corrected chi connectivity index (χ4v) is 3.02. The Balaban J connectivity index is 2.10. The number of nitrogens with zero attached hydrogens (tertiary/aromatic N) is 2. The molecule has 1 aromatic rings. The summed E-state index contributed by atoms with van der Waals surface area (Å²) in [6.45, 7) is 2.81. The molecular weight excluding hydrogens is 304 g/mol. The summed E-state index contributed by atoms with van der Waals surface area (Å²) in [5.41, 5.74) is 0. The van der Waals surface area contributed by atoms with E-state index in [0.29, 0.717) is 10.9 Å². The Labute approximate surface area is 115 Å². The van der Waals surface area contributed by atoms with E-state index < -0.39 is 0 Å². The van der Waals surface area contributed by atoms with Crippen molar-refractivity contribution in [2.45, 2.75) is 12.8 Å². The first-order chi connectivity index (χ1) is 8.20. The number of rotatable bonds is 3. The SMILES string of the molecule is COCC1CCCN(c2ncc(Br)cc2Cl)C1. The predicted molar refractivity (Wildman–Crippen MR) is 73.8 cm³/mol. The molecule has 1 atom stereocenters. The first kappa shape index (κ1) is 13.1. The highest BCUT2D eigenvalue weighted by atomic mass is 79.9. The van der Waals surface area contributed by atoms with Gasteiger partial charge in [-0.25, -0.2) is 4.98 Å². The molecule has 5 heteroatoms. The fraction of sp³-hybridized carbons (Fsp3) is 0.583. The van der Waals surface area contributed by atoms with Gasteiger partial charge in [0, 0.05) is 30.9 Å². The lowest BCUT2D eigenvalue weighted by atomic mass is 9.99. The molecule has 1 aliphatic heterocycles. The van der Waals surface area contributed by atoms with E-state index in [4.69, 9.17) is 16.3 Å². The second-order valence-corrected chi connectivity index (χ2v) is 5.69. The van der Waals surface area contributed by atoms with E-state index in [1.165, 1.54) is 12.8 Å². The lowest BCUT2D eigenvalue weighted by Crippen LogP contribution is -2.37. The Morgan fingerprint density at radius 3 is 3.18 bits per heavy atom. The molecule has 0 bridgehead atoms. The number of hydrogen-bond donors (Lipinski definition) is 0. The molecule has 2 heterocycles. The maximum atomic E-state index is 6.22. The molecule has 1 saturated heterocycles. The monoisotopic (exact) mass is 318 g/mol. The second-order valence-electron chi connectivity index (χ2n) is 4.37. The van der Waals surface area contributed by atoms with Crippen LogP contribution >= 0.6 is 27.5 Å². The highest BCUT2D eigenvalue weighted by Crippen LogP contribution is 2.29. The molecule has 1 aliphatic rings. The first-order valence-electron chi connectivity index (χ1n) is 5.75. The van der Waals surface area contributed by atoms with Crippen LogP contribution in [0.4, 0.5) is 5.82 Å². The van der Waals surface area contributed by atoms with Crippen molar-refractivity contribution in [2.24, 2.45) is 5.92 Å². The highest BCUT2D eigenvalue weighted by Gasteiger charge is 2.22. The van der Waals surface area contributed by atoms with Gasteiger partial charge >= 0.3 is 0 Å². The van der Waals surface area contributed by atoms with Crippen molar-refractivity contribution < 1.29 is 4.74 Å². The molecule has 2 rings (SSSR count). The van der Waals surface area contributed by atoms with Gasteiger partial charge in [-0.15, -0.1) is 0 Å². The van der Waals surface area contributed by atoms with Gasteiger partial charge in [0.25, 0.3) is 0 Å². The summed E-state index contributed by atoms with van der Waals surface area (Å²) in [5, 5.41) is 0.706. The average Bonchev–Trinajstić information content (AvgIpc) is 2.29. The Kier molecular flexibility index (Phi) is 4.65. The van der Waals surface area contributed by atoms with E-state index in [9.17, 15) is 0 Å². The van der Waals surface area contributed by atoms with Crippen molar-refractivity contribution in [2.75, 3.05) is 31.7 Å². The maximum absolute atomic E-state index is 6.22. The highest BCUT2D eigenvalue weighted by molar-refractivity contribution is 9.10. The van der Waals surface area contributed by atoms with Crippen LogP contribution in [0.15, 0.2) is 16.7 Å². The van der Waals surface area contributed by atoms with Gasteiger partial charge in [0.2, 0.25) is 0 Å². The molecule has 0 amide bonds. The van der Waals surface area contributed by atoms with E-state index in [-0.39, 0.29) is 0 Å². The smallest absolute Gasteiger partial charge is 0.147 e. The molecule has 0 N–H and O–H groups in total. The van der Waals surface area contributed by atoms with Gasteiger partial charge in [0.05, 0.1) is 11.6 Å². The second kappa shape index (κ2) is 6.03. The summed E-state index contributed by atoms with van der Waals surface area (Å²) < 4.78 is 6.14. The predicted octanol–water partition coefficient (Wildman–Crippen LogP) is 3.36. The summed E-state index contributed by atoms with van der Waals surface area (Å²) in [7, 11) is 1.75. The van der Waals surface area contributed by atoms with Gasteiger partial charge in [-0.1, -0.05) is 11.6 Å². The first-order valence-corrected chi connectivity index (χ1v) is 6.92. The summed E-state index contributed by atoms with van der Waals surface area (Å²) in [5.74, 6) is 1.46. The Morgan fingerprint density at radius 2 is 2.47 bits per heavy atom. The minimum atomic E-state index is 0.579. The summed E-state index contributed by atoms with van der Waals surface area (Å²) in [6.07, 6.45) is 4.18. The van der Waals surface area contributed by atoms with Crippen LogP contribution in [0, 0.1) is 5.92 Å². The van der Waals surface area contributed by atoms with Gasteiger partial charge in [0.1, 0.15) is 5.82 Å². The van der Waals surface area contributed by atoms with Crippen LogP contribution in [0.1, 0.15) is 12.8 Å². The van der Waals surface area contributed by atoms with E-state index in [1.807, 2.05) is 6.07 Å². The van der Waals surface area contributed by atoms with Crippen molar-refractivity contribution in [3.05, 3.63) is 21.8 Å². The zero-order valence-electron chi connectivity index (χ0n) is 9.83. The third kappa shape index (κ3) is 3.33. The number of methoxy groups -OCH3 is 1. The third-order valence-corrected chi connectivity index (χ3v) is 3.72. The Morgan fingerprint density at radius 1 is 1.65 bits per heavy atom. The van der Waals surface area contributed by atoms with Crippen molar-refractivity contribution in [1.29, 1.82) is 0 Å². The molecule has 0 radical (unpaired) electrons. The molecule has 0 aliphatic carbocycles. The molecule has 1 unspecified atom stereocenters. The van der Waals surface area contributed by atoms with Gasteiger partial charge < -0.3 is 9.64 Å². The quantitative estimate of drug-likeness (QED) is 0.854. The van der Waals surface area contributed by atoms with Crippen LogP contribution < -0.4 is 4.90 Å². The molecule has 17 heavy (non-hydrogen) atoms. The van der Waals surface area contributed by atoms with E-state index in [2.05, 4.69) is 25.8 Å². The van der Waals surface area contributed by atoms with Gasteiger partial charge in [-0.3, -0.25) is 0 Å². The van der Waals surface area contributed by atoms with Gasteiger partial charge in [0.15, 0.2) is 0 Å². The number of aromatic nitrogens is 1. The molecule has 1 fully saturated rings. The third-order valence-electron chi connectivity index (χ3n) is 3.01. The van der Waals surface area contributed by atoms with Gasteiger partial charge in [-0.05, 0) is 40.8 Å². The number of piperidine rings is 1. The Hall–Kier alpha value is -0.320. The van der Waals surface area contributed by atoms with Crippen molar-refractivity contribution in [3.63, 3.8) is 0 Å². The van der Waals surface area contributed by atoms with Crippen LogP contribution in [-0.2, 0) is 4.74 Å². The van der Waals surface area contributed by atoms with Crippen LogP contribution in [0.2, 0.25) is 5.02 Å². The molecular formula is C12H16BrClN2O. The fourth-order valence-electron chi connectivity index (χ4n) is 2.27. The zero-order valence-corrected chi connectivity index (χ0v) is 12.2. The molecule has 1 aromatic heterocycles. The number of halogens is 2. The van der Waals surface area contributed by atoms with Crippen LogP contribution in [0.25, 0.3) is 0 Å². The van der Waals surface area contributed by atoms with E-state index in [0.717, 1.165) is 30.0 Å². The number of hydrogen-bond acceptors (Lipinski definition) is 3. The van der Waals surface area contributed by atoms with Crippen LogP contribution in [-0.4, -0.2) is 31.8 Å². The molecule has 0 spiro atoms. The molecule has 3 nitrogen and oxygen atoms in total. The van der Waals surface area contributed by atoms with Crippen LogP contribution in [0.5, 0.6) is 0 Å².